The molecule has 0 saturated heterocycles. The molecule has 2 aromatic rings. The van der Waals surface area contributed by atoms with Crippen LogP contribution in [0.25, 0.3) is 0 Å². The number of carbonyl (C=O) groups excluding carboxylic acids is 2. The van der Waals surface area contributed by atoms with Crippen LogP contribution in [0.1, 0.15) is 27.8 Å². The molecule has 2 rings (SSSR count). The smallest absolute Gasteiger partial charge is 0.340 e. The highest BCUT2D eigenvalue weighted by Crippen LogP contribution is 2.17. The van der Waals surface area contributed by atoms with E-state index < -0.39 is 5.97 Å². The van der Waals surface area contributed by atoms with E-state index in [-0.39, 0.29) is 18.2 Å². The van der Waals surface area contributed by atoms with Crippen molar-refractivity contribution in [2.75, 3.05) is 11.9 Å². The number of esters is 1. The molecule has 0 aliphatic rings. The quantitative estimate of drug-likeness (QED) is 0.867. The van der Waals surface area contributed by atoms with E-state index in [9.17, 15) is 9.59 Å². The van der Waals surface area contributed by atoms with E-state index in [1.807, 2.05) is 0 Å². The summed E-state index contributed by atoms with van der Waals surface area (Å²) >= 11 is 0. The first-order chi connectivity index (χ1) is 9.72. The predicted molar refractivity (Wildman–Crippen MR) is 74.6 cm³/mol. The molecule has 0 atom stereocenters. The molecule has 0 fully saturated rings. The molecule has 1 amide bonds. The number of para-hydroxylation sites is 1. The second-order valence-corrected chi connectivity index (χ2v) is 3.94. The fourth-order valence-corrected chi connectivity index (χ4v) is 1.66. The van der Waals surface area contributed by atoms with Gasteiger partial charge in [0, 0.05) is 6.20 Å². The summed E-state index contributed by atoms with van der Waals surface area (Å²) in [6, 6.07) is 11.7. The third-order valence-corrected chi connectivity index (χ3v) is 2.57. The van der Waals surface area contributed by atoms with Gasteiger partial charge in [-0.15, -0.1) is 0 Å². The molecule has 20 heavy (non-hydrogen) atoms. The number of anilines is 1. The monoisotopic (exact) mass is 270 g/mol. The van der Waals surface area contributed by atoms with Crippen LogP contribution in [0.5, 0.6) is 0 Å². The van der Waals surface area contributed by atoms with Crippen LogP contribution in [-0.4, -0.2) is 23.5 Å². The Hall–Kier alpha value is -2.69. The van der Waals surface area contributed by atoms with Crippen LogP contribution < -0.4 is 5.32 Å². The van der Waals surface area contributed by atoms with Crippen molar-refractivity contribution in [3.8, 4) is 0 Å². The Balaban J connectivity index is 2.21. The molecule has 1 aromatic carbocycles. The van der Waals surface area contributed by atoms with Gasteiger partial charge in [-0.25, -0.2) is 4.79 Å². The van der Waals surface area contributed by atoms with Crippen molar-refractivity contribution in [3.05, 3.63) is 59.9 Å². The zero-order valence-corrected chi connectivity index (χ0v) is 11.0. The van der Waals surface area contributed by atoms with Gasteiger partial charge in [0.05, 0.1) is 17.9 Å². The Morgan fingerprint density at radius 1 is 1.15 bits per heavy atom. The zero-order chi connectivity index (χ0) is 14.4. The Kier molecular flexibility index (Phi) is 4.44. The first-order valence-electron chi connectivity index (χ1n) is 6.21. The standard InChI is InChI=1S/C15H14N2O3/c1-2-20-15(19)11-7-3-4-8-12(11)17-14(18)13-9-5-6-10-16-13/h3-10H,2H2,1H3,(H,17,18). The Morgan fingerprint density at radius 2 is 1.90 bits per heavy atom. The molecule has 0 saturated carbocycles. The molecule has 5 heteroatoms. The number of pyridine rings is 1. The lowest BCUT2D eigenvalue weighted by Gasteiger charge is -2.09. The SMILES string of the molecule is CCOC(=O)c1ccccc1NC(=O)c1ccccn1. The first kappa shape index (κ1) is 13.7. The maximum absolute atomic E-state index is 12.0. The lowest BCUT2D eigenvalue weighted by molar-refractivity contribution is 0.0527. The van der Waals surface area contributed by atoms with E-state index in [0.29, 0.717) is 11.3 Å². The first-order valence-corrected chi connectivity index (χ1v) is 6.21. The van der Waals surface area contributed by atoms with Crippen LogP contribution in [0.2, 0.25) is 0 Å². The molecule has 0 spiro atoms. The minimum atomic E-state index is -0.468. The van der Waals surface area contributed by atoms with Gasteiger partial charge in [0.25, 0.3) is 5.91 Å². The van der Waals surface area contributed by atoms with Crippen molar-refractivity contribution in [1.29, 1.82) is 0 Å². The predicted octanol–water partition coefficient (Wildman–Crippen LogP) is 2.51. The van der Waals surface area contributed by atoms with Crippen LogP contribution >= 0.6 is 0 Å². The fourth-order valence-electron chi connectivity index (χ4n) is 1.66. The van der Waals surface area contributed by atoms with Gasteiger partial charge >= 0.3 is 5.97 Å². The van der Waals surface area contributed by atoms with Crippen LogP contribution in [0.15, 0.2) is 48.7 Å². The molecular formula is C15H14N2O3. The molecule has 0 radical (unpaired) electrons. The number of carbonyl (C=O) groups is 2. The van der Waals surface area contributed by atoms with Gasteiger partial charge in [-0.3, -0.25) is 9.78 Å². The van der Waals surface area contributed by atoms with E-state index in [0.717, 1.165) is 0 Å². The molecule has 1 N–H and O–H groups in total. The van der Waals surface area contributed by atoms with Crippen molar-refractivity contribution in [1.82, 2.24) is 4.98 Å². The second kappa shape index (κ2) is 6.47. The summed E-state index contributed by atoms with van der Waals surface area (Å²) in [6.45, 7) is 2.01. The van der Waals surface area contributed by atoms with Gasteiger partial charge < -0.3 is 10.1 Å². The largest absolute Gasteiger partial charge is 0.462 e. The number of hydrogen-bond donors (Lipinski definition) is 1. The van der Waals surface area contributed by atoms with E-state index in [4.69, 9.17) is 4.74 Å². The summed E-state index contributed by atoms with van der Waals surface area (Å²) in [5, 5.41) is 2.66. The summed E-state index contributed by atoms with van der Waals surface area (Å²) in [4.78, 5) is 27.8. The third-order valence-electron chi connectivity index (χ3n) is 2.57. The normalized spacial score (nSPS) is 9.85. The van der Waals surface area contributed by atoms with E-state index in [1.54, 1.807) is 49.4 Å². The van der Waals surface area contributed by atoms with Gasteiger partial charge in [0.1, 0.15) is 5.69 Å². The Bertz CT molecular complexity index is 612. The van der Waals surface area contributed by atoms with Crippen LogP contribution in [0.3, 0.4) is 0 Å². The Morgan fingerprint density at radius 3 is 2.60 bits per heavy atom. The number of rotatable bonds is 4. The molecular weight excluding hydrogens is 256 g/mol. The number of nitrogens with one attached hydrogen (secondary N) is 1. The van der Waals surface area contributed by atoms with Crippen molar-refractivity contribution in [2.45, 2.75) is 6.92 Å². The van der Waals surface area contributed by atoms with Crippen LogP contribution in [0.4, 0.5) is 5.69 Å². The van der Waals surface area contributed by atoms with E-state index in [2.05, 4.69) is 10.3 Å². The summed E-state index contributed by atoms with van der Waals surface area (Å²) < 4.78 is 4.95. The lowest BCUT2D eigenvalue weighted by atomic mass is 10.1. The summed E-state index contributed by atoms with van der Waals surface area (Å²) in [5.41, 5.74) is 1.01. The lowest BCUT2D eigenvalue weighted by Crippen LogP contribution is -2.16. The molecule has 5 nitrogen and oxygen atoms in total. The summed E-state index contributed by atoms with van der Waals surface area (Å²) in [7, 11) is 0. The minimum Gasteiger partial charge on any atom is -0.462 e. The maximum Gasteiger partial charge on any atom is 0.340 e. The Labute approximate surface area is 116 Å². The molecule has 0 aliphatic carbocycles. The van der Waals surface area contributed by atoms with Gasteiger partial charge in [-0.1, -0.05) is 18.2 Å². The zero-order valence-electron chi connectivity index (χ0n) is 11.0. The number of hydrogen-bond acceptors (Lipinski definition) is 4. The minimum absolute atomic E-state index is 0.279. The number of aromatic nitrogens is 1. The molecule has 102 valence electrons. The number of amides is 1. The highest BCUT2D eigenvalue weighted by atomic mass is 16.5. The number of nitrogens with zero attached hydrogens (tertiary/aromatic N) is 1. The average Bonchev–Trinajstić information content (AvgIpc) is 2.49. The summed E-state index contributed by atoms with van der Waals surface area (Å²) in [6.07, 6.45) is 1.53. The van der Waals surface area contributed by atoms with Crippen molar-refractivity contribution < 1.29 is 14.3 Å². The van der Waals surface area contributed by atoms with Crippen molar-refractivity contribution in [3.63, 3.8) is 0 Å². The topological polar surface area (TPSA) is 68.3 Å². The van der Waals surface area contributed by atoms with E-state index >= 15 is 0 Å². The number of benzene rings is 1. The molecule has 1 heterocycles. The highest BCUT2D eigenvalue weighted by Gasteiger charge is 2.14. The average molecular weight is 270 g/mol. The van der Waals surface area contributed by atoms with Gasteiger partial charge in [0.2, 0.25) is 0 Å². The van der Waals surface area contributed by atoms with Crippen molar-refractivity contribution >= 4 is 17.6 Å². The van der Waals surface area contributed by atoms with E-state index in [1.165, 1.54) is 6.20 Å². The van der Waals surface area contributed by atoms with Gasteiger partial charge in [-0.05, 0) is 31.2 Å². The molecule has 0 unspecified atom stereocenters. The van der Waals surface area contributed by atoms with Crippen LogP contribution in [-0.2, 0) is 4.74 Å². The maximum atomic E-state index is 12.0. The molecule has 0 aliphatic heterocycles. The van der Waals surface area contributed by atoms with Gasteiger partial charge in [0.15, 0.2) is 0 Å². The highest BCUT2D eigenvalue weighted by molar-refractivity contribution is 6.07. The molecule has 1 aromatic heterocycles. The third kappa shape index (κ3) is 3.20. The van der Waals surface area contributed by atoms with Crippen LogP contribution in [0, 0.1) is 0 Å². The second-order valence-electron chi connectivity index (χ2n) is 3.94. The van der Waals surface area contributed by atoms with Crippen molar-refractivity contribution in [2.24, 2.45) is 0 Å². The van der Waals surface area contributed by atoms with Gasteiger partial charge in [-0.2, -0.15) is 0 Å². The molecule has 0 bridgehead atoms. The fraction of sp³-hybridized carbons (Fsp3) is 0.133. The summed E-state index contributed by atoms with van der Waals surface area (Å²) in [5.74, 6) is -0.841. The number of ether oxygens (including phenoxy) is 1.